The number of benzene rings is 2. The molecule has 6 heteroatoms. The minimum atomic E-state index is -0.0202. The summed E-state index contributed by atoms with van der Waals surface area (Å²) in [5.41, 5.74) is 3.33. The van der Waals surface area contributed by atoms with Crippen LogP contribution in [0.15, 0.2) is 79.0 Å². The molecular formula is C29H34N4O2. The molecule has 1 atom stereocenters. The maximum Gasteiger partial charge on any atom is 0.256 e. The second-order valence-corrected chi connectivity index (χ2v) is 9.62. The molecule has 0 radical (unpaired) electrons. The SMILES string of the molecule is CC(C)CC(=O)N1CCN(C(=O)c2ccccc2Nc2ccccc2)C[C@H](Cc2ccccn2)C1. The monoisotopic (exact) mass is 470 g/mol. The van der Waals surface area contributed by atoms with Gasteiger partial charge in [-0.3, -0.25) is 14.6 Å². The molecule has 1 aliphatic rings. The van der Waals surface area contributed by atoms with Crippen LogP contribution in [-0.2, 0) is 11.2 Å². The van der Waals surface area contributed by atoms with Crippen molar-refractivity contribution in [3.05, 3.63) is 90.3 Å². The van der Waals surface area contributed by atoms with Gasteiger partial charge in [0.1, 0.15) is 0 Å². The van der Waals surface area contributed by atoms with E-state index in [9.17, 15) is 9.59 Å². The van der Waals surface area contributed by atoms with Gasteiger partial charge < -0.3 is 15.1 Å². The molecule has 6 nitrogen and oxygen atoms in total. The van der Waals surface area contributed by atoms with Crippen LogP contribution in [0.4, 0.5) is 11.4 Å². The van der Waals surface area contributed by atoms with Crippen LogP contribution in [0.2, 0.25) is 0 Å². The number of nitrogens with zero attached hydrogens (tertiary/aromatic N) is 3. The van der Waals surface area contributed by atoms with Crippen LogP contribution in [0.3, 0.4) is 0 Å². The number of hydrogen-bond donors (Lipinski definition) is 1. The molecule has 2 heterocycles. The van der Waals surface area contributed by atoms with Crippen molar-refractivity contribution in [3.63, 3.8) is 0 Å². The van der Waals surface area contributed by atoms with Gasteiger partial charge >= 0.3 is 0 Å². The summed E-state index contributed by atoms with van der Waals surface area (Å²) in [5.74, 6) is 0.551. The van der Waals surface area contributed by atoms with Gasteiger partial charge in [0.25, 0.3) is 5.91 Å². The Balaban J connectivity index is 1.56. The smallest absolute Gasteiger partial charge is 0.256 e. The molecule has 0 bridgehead atoms. The van der Waals surface area contributed by atoms with Gasteiger partial charge in [-0.15, -0.1) is 0 Å². The lowest BCUT2D eigenvalue weighted by atomic mass is 10.0. The van der Waals surface area contributed by atoms with E-state index in [2.05, 4.69) is 24.1 Å². The van der Waals surface area contributed by atoms with Crippen LogP contribution in [0, 0.1) is 11.8 Å². The summed E-state index contributed by atoms with van der Waals surface area (Å²) in [7, 11) is 0. The van der Waals surface area contributed by atoms with Crippen molar-refractivity contribution in [2.45, 2.75) is 26.7 Å². The largest absolute Gasteiger partial charge is 0.355 e. The normalized spacial score (nSPS) is 16.1. The highest BCUT2D eigenvalue weighted by Gasteiger charge is 2.30. The molecule has 1 saturated heterocycles. The van der Waals surface area contributed by atoms with E-state index >= 15 is 0 Å². The average molecular weight is 471 g/mol. The summed E-state index contributed by atoms with van der Waals surface area (Å²) in [5, 5.41) is 3.39. The number of pyridine rings is 1. The Morgan fingerprint density at radius 2 is 1.60 bits per heavy atom. The number of amides is 2. The molecule has 1 aromatic heterocycles. The molecule has 3 aromatic rings. The van der Waals surface area contributed by atoms with E-state index in [-0.39, 0.29) is 17.7 Å². The summed E-state index contributed by atoms with van der Waals surface area (Å²) in [4.78, 5) is 35.1. The lowest BCUT2D eigenvalue weighted by molar-refractivity contribution is -0.132. The minimum Gasteiger partial charge on any atom is -0.355 e. The molecule has 1 N–H and O–H groups in total. The Bertz CT molecular complexity index is 1120. The predicted molar refractivity (Wildman–Crippen MR) is 140 cm³/mol. The van der Waals surface area contributed by atoms with E-state index in [1.807, 2.05) is 82.6 Å². The van der Waals surface area contributed by atoms with Gasteiger partial charge in [0.05, 0.1) is 11.3 Å². The number of hydrogen-bond acceptors (Lipinski definition) is 4. The molecule has 0 unspecified atom stereocenters. The molecule has 0 saturated carbocycles. The number of carbonyl (C=O) groups excluding carboxylic acids is 2. The third kappa shape index (κ3) is 6.69. The molecule has 4 rings (SSSR count). The van der Waals surface area contributed by atoms with Crippen LogP contribution in [0.1, 0.15) is 36.3 Å². The maximum atomic E-state index is 13.8. The Morgan fingerprint density at radius 1 is 0.914 bits per heavy atom. The van der Waals surface area contributed by atoms with Gasteiger partial charge in [-0.25, -0.2) is 0 Å². The summed E-state index contributed by atoms with van der Waals surface area (Å²) >= 11 is 0. The second-order valence-electron chi connectivity index (χ2n) is 9.62. The van der Waals surface area contributed by atoms with Crippen molar-refractivity contribution in [3.8, 4) is 0 Å². The fourth-order valence-corrected chi connectivity index (χ4v) is 4.56. The van der Waals surface area contributed by atoms with Gasteiger partial charge in [-0.05, 0) is 54.7 Å². The third-order valence-corrected chi connectivity index (χ3v) is 6.25. The Labute approximate surface area is 208 Å². The van der Waals surface area contributed by atoms with Crippen LogP contribution < -0.4 is 5.32 Å². The van der Waals surface area contributed by atoms with E-state index < -0.39 is 0 Å². The lowest BCUT2D eigenvalue weighted by Gasteiger charge is -2.25. The number of aromatic nitrogens is 1. The fraction of sp³-hybridized carbons (Fsp3) is 0.345. The van der Waals surface area contributed by atoms with Gasteiger partial charge in [0.15, 0.2) is 0 Å². The zero-order valence-electron chi connectivity index (χ0n) is 20.6. The number of para-hydroxylation sites is 2. The first kappa shape index (κ1) is 24.5. The zero-order valence-corrected chi connectivity index (χ0v) is 20.6. The number of rotatable bonds is 7. The zero-order chi connectivity index (χ0) is 24.6. The molecule has 2 amide bonds. The van der Waals surface area contributed by atoms with Crippen molar-refractivity contribution < 1.29 is 9.59 Å². The quantitative estimate of drug-likeness (QED) is 0.527. The first-order chi connectivity index (χ1) is 17.0. The molecule has 182 valence electrons. The molecule has 0 aliphatic carbocycles. The van der Waals surface area contributed by atoms with Crippen molar-refractivity contribution >= 4 is 23.2 Å². The molecule has 2 aromatic carbocycles. The van der Waals surface area contributed by atoms with Crippen molar-refractivity contribution in [1.82, 2.24) is 14.8 Å². The standard InChI is InChI=1S/C29H34N4O2/c1-22(2)18-28(34)32-16-17-33(21-23(20-32)19-25-12-8-9-15-30-25)29(35)26-13-6-7-14-27(26)31-24-10-4-3-5-11-24/h3-15,22-23,31H,16-21H2,1-2H3/t23-/m1/s1. The van der Waals surface area contributed by atoms with E-state index in [1.54, 1.807) is 6.20 Å². The van der Waals surface area contributed by atoms with Gasteiger partial charge in [-0.2, -0.15) is 0 Å². The first-order valence-electron chi connectivity index (χ1n) is 12.4. The molecular weight excluding hydrogens is 436 g/mol. The van der Waals surface area contributed by atoms with Crippen LogP contribution >= 0.6 is 0 Å². The highest BCUT2D eigenvalue weighted by molar-refractivity contribution is 6.00. The van der Waals surface area contributed by atoms with Crippen LogP contribution in [-0.4, -0.2) is 52.8 Å². The Morgan fingerprint density at radius 3 is 2.34 bits per heavy atom. The van der Waals surface area contributed by atoms with Crippen LogP contribution in [0.5, 0.6) is 0 Å². The molecule has 35 heavy (non-hydrogen) atoms. The van der Waals surface area contributed by atoms with Crippen molar-refractivity contribution in [2.75, 3.05) is 31.5 Å². The second kappa shape index (κ2) is 11.6. The van der Waals surface area contributed by atoms with Gasteiger partial charge in [0, 0.05) is 50.2 Å². The molecule has 0 spiro atoms. The van der Waals surface area contributed by atoms with Crippen molar-refractivity contribution in [1.29, 1.82) is 0 Å². The predicted octanol–water partition coefficient (Wildman–Crippen LogP) is 5.01. The minimum absolute atomic E-state index is 0.0202. The Kier molecular flexibility index (Phi) is 8.14. The topological polar surface area (TPSA) is 65.5 Å². The van der Waals surface area contributed by atoms with Crippen LogP contribution in [0.25, 0.3) is 0 Å². The number of anilines is 2. The number of nitrogens with one attached hydrogen (secondary N) is 1. The Hall–Kier alpha value is -3.67. The molecule has 1 aliphatic heterocycles. The highest BCUT2D eigenvalue weighted by Crippen LogP contribution is 2.24. The first-order valence-corrected chi connectivity index (χ1v) is 12.4. The molecule has 1 fully saturated rings. The highest BCUT2D eigenvalue weighted by atomic mass is 16.2. The number of carbonyl (C=O) groups is 2. The van der Waals surface area contributed by atoms with E-state index in [0.717, 1.165) is 23.5 Å². The summed E-state index contributed by atoms with van der Waals surface area (Å²) in [6.07, 6.45) is 3.04. The average Bonchev–Trinajstić information content (AvgIpc) is 3.08. The third-order valence-electron chi connectivity index (χ3n) is 6.25. The van der Waals surface area contributed by atoms with Gasteiger partial charge in [-0.1, -0.05) is 50.2 Å². The lowest BCUT2D eigenvalue weighted by Crippen LogP contribution is -2.37. The van der Waals surface area contributed by atoms with E-state index in [1.165, 1.54) is 0 Å². The van der Waals surface area contributed by atoms with Gasteiger partial charge in [0.2, 0.25) is 5.91 Å². The summed E-state index contributed by atoms with van der Waals surface area (Å²) in [6.45, 7) is 6.41. The summed E-state index contributed by atoms with van der Waals surface area (Å²) in [6, 6.07) is 23.4. The maximum absolute atomic E-state index is 13.8. The summed E-state index contributed by atoms with van der Waals surface area (Å²) < 4.78 is 0. The fourth-order valence-electron chi connectivity index (χ4n) is 4.56. The van der Waals surface area contributed by atoms with E-state index in [0.29, 0.717) is 44.1 Å². The van der Waals surface area contributed by atoms with E-state index in [4.69, 9.17) is 0 Å². The van der Waals surface area contributed by atoms with Crippen molar-refractivity contribution in [2.24, 2.45) is 11.8 Å².